The average molecular weight is 446 g/mol. The van der Waals surface area contributed by atoms with Crippen LogP contribution in [0.4, 0.5) is 9.52 Å². The molecule has 0 bridgehead atoms. The van der Waals surface area contributed by atoms with Crippen LogP contribution < -0.4 is 5.32 Å². The molecule has 0 saturated heterocycles. The number of carbonyl (C=O) groups excluding carboxylic acids is 1. The lowest BCUT2D eigenvalue weighted by atomic mass is 9.99. The lowest BCUT2D eigenvalue weighted by Gasteiger charge is -2.12. The molecule has 1 aromatic heterocycles. The van der Waals surface area contributed by atoms with Crippen LogP contribution in [0.3, 0.4) is 0 Å². The minimum atomic E-state index is -0.248. The van der Waals surface area contributed by atoms with Crippen molar-refractivity contribution in [3.05, 3.63) is 34.1 Å². The Labute approximate surface area is 164 Å². The molecular weight excluding hydrogens is 425 g/mol. The molecule has 8 heteroatoms. The summed E-state index contributed by atoms with van der Waals surface area (Å²) in [6, 6.07) is 5.00. The molecule has 136 valence electrons. The van der Waals surface area contributed by atoms with Crippen molar-refractivity contribution in [1.29, 1.82) is 0 Å². The summed E-state index contributed by atoms with van der Waals surface area (Å²) >= 11 is 5.97. The van der Waals surface area contributed by atoms with Crippen LogP contribution in [-0.4, -0.2) is 16.1 Å². The molecule has 0 radical (unpaired) electrons. The van der Waals surface area contributed by atoms with Crippen LogP contribution in [0, 0.1) is 11.7 Å². The van der Waals surface area contributed by atoms with Gasteiger partial charge in [-0.15, -0.1) is 10.2 Å². The first-order valence-corrected chi connectivity index (χ1v) is 10.8. The molecule has 0 aliphatic rings. The second-order valence-corrected chi connectivity index (χ2v) is 8.75. The van der Waals surface area contributed by atoms with Crippen LogP contribution >= 0.6 is 39.0 Å². The molecule has 2 rings (SSSR count). The number of benzene rings is 1. The van der Waals surface area contributed by atoms with Gasteiger partial charge < -0.3 is 5.32 Å². The summed E-state index contributed by atoms with van der Waals surface area (Å²) < 4.78 is 15.3. The van der Waals surface area contributed by atoms with Crippen molar-refractivity contribution >= 4 is 50.1 Å². The van der Waals surface area contributed by atoms with Crippen molar-refractivity contribution in [3.63, 3.8) is 0 Å². The number of carbonyl (C=O) groups is 1. The summed E-state index contributed by atoms with van der Waals surface area (Å²) in [5.74, 6) is 0.233. The summed E-state index contributed by atoms with van der Waals surface area (Å²) in [4.78, 5) is 12.3. The van der Waals surface area contributed by atoms with E-state index in [0.717, 1.165) is 25.7 Å². The number of rotatable bonds is 9. The largest absolute Gasteiger partial charge is 0.300 e. The monoisotopic (exact) mass is 445 g/mol. The SMILES string of the molecule is CCCCC(CC)C(=O)Nc1nnc(SCc2ccc(Br)cc2F)s1. The van der Waals surface area contributed by atoms with Gasteiger partial charge in [-0.1, -0.05) is 71.8 Å². The van der Waals surface area contributed by atoms with E-state index >= 15 is 0 Å². The third-order valence-corrected chi connectivity index (χ3v) is 6.29. The minimum absolute atomic E-state index is 0.00241. The van der Waals surface area contributed by atoms with Crippen molar-refractivity contribution in [2.45, 2.75) is 49.6 Å². The molecule has 0 spiro atoms. The number of nitrogens with zero attached hydrogens (tertiary/aromatic N) is 2. The maximum absolute atomic E-state index is 13.8. The van der Waals surface area contributed by atoms with Gasteiger partial charge in [0.2, 0.25) is 11.0 Å². The van der Waals surface area contributed by atoms with Gasteiger partial charge >= 0.3 is 0 Å². The standard InChI is InChI=1S/C17H21BrFN3OS2/c1-3-5-6-11(4-2)15(23)20-16-21-22-17(25-16)24-10-12-7-8-13(18)9-14(12)19/h7-9,11H,3-6,10H2,1-2H3,(H,20,21,23). The predicted molar refractivity (Wildman–Crippen MR) is 106 cm³/mol. The van der Waals surface area contributed by atoms with Crippen LogP contribution in [-0.2, 0) is 10.5 Å². The van der Waals surface area contributed by atoms with Crippen molar-refractivity contribution in [2.24, 2.45) is 5.92 Å². The quantitative estimate of drug-likeness (QED) is 0.386. The first kappa shape index (κ1) is 20.3. The molecule has 0 saturated carbocycles. The lowest BCUT2D eigenvalue weighted by Crippen LogP contribution is -2.22. The fourth-order valence-electron chi connectivity index (χ4n) is 2.28. The predicted octanol–water partition coefficient (Wildman–Crippen LogP) is 5.89. The Morgan fingerprint density at radius 3 is 2.88 bits per heavy atom. The summed E-state index contributed by atoms with van der Waals surface area (Å²) in [5, 5.41) is 11.4. The number of unbranched alkanes of at least 4 members (excludes halogenated alkanes) is 1. The molecule has 1 heterocycles. The number of aromatic nitrogens is 2. The zero-order valence-corrected chi connectivity index (χ0v) is 17.4. The van der Waals surface area contributed by atoms with E-state index in [-0.39, 0.29) is 17.6 Å². The highest BCUT2D eigenvalue weighted by atomic mass is 79.9. The zero-order valence-electron chi connectivity index (χ0n) is 14.2. The zero-order chi connectivity index (χ0) is 18.2. The maximum atomic E-state index is 13.8. The number of nitrogens with one attached hydrogen (secondary N) is 1. The molecule has 0 fully saturated rings. The third kappa shape index (κ3) is 6.34. The smallest absolute Gasteiger partial charge is 0.229 e. The Bertz CT molecular complexity index is 711. The van der Waals surface area contributed by atoms with Gasteiger partial charge in [-0.05, 0) is 30.5 Å². The molecule has 1 atom stereocenters. The fourth-order valence-corrected chi connectivity index (χ4v) is 4.35. The van der Waals surface area contributed by atoms with Crippen molar-refractivity contribution in [1.82, 2.24) is 10.2 Å². The molecule has 1 aromatic carbocycles. The van der Waals surface area contributed by atoms with Crippen LogP contribution in [0.1, 0.15) is 45.1 Å². The van der Waals surface area contributed by atoms with Gasteiger partial charge in [0.25, 0.3) is 0 Å². The van der Waals surface area contributed by atoms with Gasteiger partial charge in [0.05, 0.1) is 0 Å². The molecule has 1 N–H and O–H groups in total. The Morgan fingerprint density at radius 2 is 2.20 bits per heavy atom. The summed E-state index contributed by atoms with van der Waals surface area (Å²) in [6.07, 6.45) is 3.83. The molecular formula is C17H21BrFN3OS2. The van der Waals surface area contributed by atoms with Gasteiger partial charge in [0.15, 0.2) is 4.34 Å². The van der Waals surface area contributed by atoms with E-state index in [1.807, 2.05) is 13.0 Å². The van der Waals surface area contributed by atoms with Gasteiger partial charge in [0, 0.05) is 16.1 Å². The highest BCUT2D eigenvalue weighted by molar-refractivity contribution is 9.10. The van der Waals surface area contributed by atoms with Crippen molar-refractivity contribution in [2.75, 3.05) is 5.32 Å². The van der Waals surface area contributed by atoms with E-state index in [1.54, 1.807) is 6.07 Å². The second-order valence-electron chi connectivity index (χ2n) is 5.63. The highest BCUT2D eigenvalue weighted by Crippen LogP contribution is 2.30. The topological polar surface area (TPSA) is 54.9 Å². The summed E-state index contributed by atoms with van der Waals surface area (Å²) in [5.41, 5.74) is 0.611. The number of amides is 1. The van der Waals surface area contributed by atoms with E-state index in [2.05, 4.69) is 38.4 Å². The Morgan fingerprint density at radius 1 is 1.40 bits per heavy atom. The van der Waals surface area contributed by atoms with E-state index in [9.17, 15) is 9.18 Å². The van der Waals surface area contributed by atoms with Crippen LogP contribution in [0.2, 0.25) is 0 Å². The molecule has 1 unspecified atom stereocenters. The van der Waals surface area contributed by atoms with E-state index in [0.29, 0.717) is 25.3 Å². The van der Waals surface area contributed by atoms with Crippen LogP contribution in [0.5, 0.6) is 0 Å². The van der Waals surface area contributed by atoms with Crippen molar-refractivity contribution in [3.8, 4) is 0 Å². The molecule has 0 aliphatic carbocycles. The highest BCUT2D eigenvalue weighted by Gasteiger charge is 2.18. The first-order chi connectivity index (χ1) is 12.0. The number of anilines is 1. The first-order valence-electron chi connectivity index (χ1n) is 8.24. The maximum Gasteiger partial charge on any atom is 0.229 e. The molecule has 0 aliphatic heterocycles. The third-order valence-electron chi connectivity index (χ3n) is 3.77. The van der Waals surface area contributed by atoms with Gasteiger partial charge in [0.1, 0.15) is 5.82 Å². The summed E-state index contributed by atoms with van der Waals surface area (Å²) in [7, 11) is 0. The number of halogens is 2. The number of hydrogen-bond acceptors (Lipinski definition) is 5. The van der Waals surface area contributed by atoms with Crippen LogP contribution in [0.15, 0.2) is 27.0 Å². The average Bonchev–Trinajstić information content (AvgIpc) is 3.02. The van der Waals surface area contributed by atoms with E-state index in [4.69, 9.17) is 0 Å². The van der Waals surface area contributed by atoms with E-state index in [1.165, 1.54) is 29.2 Å². The molecule has 25 heavy (non-hydrogen) atoms. The van der Waals surface area contributed by atoms with Crippen molar-refractivity contribution < 1.29 is 9.18 Å². The second kappa shape index (κ2) is 10.2. The lowest BCUT2D eigenvalue weighted by molar-refractivity contribution is -0.120. The number of hydrogen-bond donors (Lipinski definition) is 1. The molecule has 4 nitrogen and oxygen atoms in total. The van der Waals surface area contributed by atoms with Gasteiger partial charge in [-0.2, -0.15) is 0 Å². The minimum Gasteiger partial charge on any atom is -0.300 e. The molecule has 1 amide bonds. The Hall–Kier alpha value is -0.990. The van der Waals surface area contributed by atoms with Crippen LogP contribution in [0.25, 0.3) is 0 Å². The molecule has 2 aromatic rings. The van der Waals surface area contributed by atoms with Gasteiger partial charge in [-0.3, -0.25) is 4.79 Å². The number of thioether (sulfide) groups is 1. The van der Waals surface area contributed by atoms with E-state index < -0.39 is 0 Å². The Balaban J connectivity index is 1.90. The fraction of sp³-hybridized carbons (Fsp3) is 0.471. The summed E-state index contributed by atoms with van der Waals surface area (Å²) in [6.45, 7) is 4.14. The normalized spacial score (nSPS) is 12.2. The van der Waals surface area contributed by atoms with Gasteiger partial charge in [-0.25, -0.2) is 4.39 Å². The Kier molecular flexibility index (Phi) is 8.32.